The molecule has 1 aliphatic heterocycles. The number of aliphatic hydroxyl groups excluding tert-OH is 1. The molecule has 1 heterocycles. The lowest BCUT2D eigenvalue weighted by Crippen LogP contribution is -2.40. The number of benzene rings is 1. The summed E-state index contributed by atoms with van der Waals surface area (Å²) in [6, 6.07) is 8.07. The van der Waals surface area contributed by atoms with Gasteiger partial charge in [-0.05, 0) is 38.4 Å². The number of rotatable bonds is 4. The molecule has 19 heavy (non-hydrogen) atoms. The van der Waals surface area contributed by atoms with Gasteiger partial charge in [-0.15, -0.1) is 0 Å². The van der Waals surface area contributed by atoms with Crippen LogP contribution < -0.4 is 10.2 Å². The first-order valence-corrected chi connectivity index (χ1v) is 6.91. The summed E-state index contributed by atoms with van der Waals surface area (Å²) in [4.78, 5) is 13.8. The summed E-state index contributed by atoms with van der Waals surface area (Å²) in [5, 5.41) is 12.6. The lowest BCUT2D eigenvalue weighted by molar-refractivity contribution is 0.101. The predicted molar refractivity (Wildman–Crippen MR) is 76.8 cm³/mol. The van der Waals surface area contributed by atoms with E-state index in [2.05, 4.69) is 10.2 Å². The maximum absolute atomic E-state index is 11.5. The van der Waals surface area contributed by atoms with Crippen LogP contribution in [0.15, 0.2) is 24.3 Å². The molecule has 2 N–H and O–H groups in total. The Morgan fingerprint density at radius 3 is 3.11 bits per heavy atom. The molecule has 1 saturated heterocycles. The summed E-state index contributed by atoms with van der Waals surface area (Å²) in [5.41, 5.74) is 1.83. The van der Waals surface area contributed by atoms with Gasteiger partial charge in [0.15, 0.2) is 5.78 Å². The van der Waals surface area contributed by atoms with Crippen LogP contribution in [0.4, 0.5) is 5.69 Å². The highest BCUT2D eigenvalue weighted by atomic mass is 16.3. The molecule has 2 rings (SSSR count). The Bertz CT molecular complexity index is 434. The van der Waals surface area contributed by atoms with Crippen molar-refractivity contribution in [1.82, 2.24) is 5.32 Å². The van der Waals surface area contributed by atoms with Gasteiger partial charge >= 0.3 is 0 Å². The van der Waals surface area contributed by atoms with Gasteiger partial charge in [0.25, 0.3) is 0 Å². The van der Waals surface area contributed by atoms with Crippen molar-refractivity contribution in [1.29, 1.82) is 0 Å². The summed E-state index contributed by atoms with van der Waals surface area (Å²) in [6.45, 7) is 4.62. The van der Waals surface area contributed by atoms with Gasteiger partial charge in [0, 0.05) is 37.0 Å². The van der Waals surface area contributed by atoms with E-state index in [9.17, 15) is 9.90 Å². The monoisotopic (exact) mass is 262 g/mol. The highest BCUT2D eigenvalue weighted by Gasteiger charge is 2.21. The van der Waals surface area contributed by atoms with Crippen LogP contribution in [0, 0.1) is 0 Å². The number of carbonyl (C=O) groups is 1. The van der Waals surface area contributed by atoms with E-state index in [1.165, 1.54) is 0 Å². The number of Topliss-reactive ketones (excluding diaryl/α,β-unsaturated/α-hetero) is 1. The summed E-state index contributed by atoms with van der Waals surface area (Å²) >= 11 is 0. The van der Waals surface area contributed by atoms with Gasteiger partial charge in [0.05, 0.1) is 0 Å². The number of aliphatic hydroxyl groups is 1. The van der Waals surface area contributed by atoms with Gasteiger partial charge in [-0.3, -0.25) is 4.79 Å². The molecule has 0 saturated carbocycles. The molecule has 1 fully saturated rings. The molecule has 0 aromatic heterocycles. The van der Waals surface area contributed by atoms with E-state index in [4.69, 9.17) is 0 Å². The average Bonchev–Trinajstić information content (AvgIpc) is 2.65. The number of carbonyl (C=O) groups excluding carboxylic acids is 1. The van der Waals surface area contributed by atoms with E-state index in [1.54, 1.807) is 6.92 Å². The molecule has 0 spiro atoms. The molecule has 0 radical (unpaired) electrons. The SMILES string of the molecule is CC(=O)c1cccc(N2CCCNCC2CCO)c1. The largest absolute Gasteiger partial charge is 0.396 e. The molecule has 0 aliphatic carbocycles. The number of nitrogens with one attached hydrogen (secondary N) is 1. The second kappa shape index (κ2) is 6.68. The fourth-order valence-corrected chi connectivity index (χ4v) is 2.59. The van der Waals surface area contributed by atoms with E-state index in [0.717, 1.165) is 43.7 Å². The Balaban J connectivity index is 2.24. The predicted octanol–water partition coefficient (Wildman–Crippen LogP) is 1.44. The minimum atomic E-state index is 0.0912. The zero-order chi connectivity index (χ0) is 13.7. The molecule has 4 nitrogen and oxygen atoms in total. The van der Waals surface area contributed by atoms with Crippen LogP contribution in [0.1, 0.15) is 30.1 Å². The van der Waals surface area contributed by atoms with Crippen LogP contribution in [0.2, 0.25) is 0 Å². The summed E-state index contributed by atoms with van der Waals surface area (Å²) in [7, 11) is 0. The Hall–Kier alpha value is -1.39. The topological polar surface area (TPSA) is 52.6 Å². The van der Waals surface area contributed by atoms with E-state index in [0.29, 0.717) is 0 Å². The average molecular weight is 262 g/mol. The molecule has 0 amide bonds. The minimum Gasteiger partial charge on any atom is -0.396 e. The van der Waals surface area contributed by atoms with Crippen LogP contribution in [-0.4, -0.2) is 43.2 Å². The van der Waals surface area contributed by atoms with E-state index in [-0.39, 0.29) is 18.4 Å². The quantitative estimate of drug-likeness (QED) is 0.806. The van der Waals surface area contributed by atoms with Gasteiger partial charge < -0.3 is 15.3 Å². The van der Waals surface area contributed by atoms with E-state index >= 15 is 0 Å². The first-order valence-electron chi connectivity index (χ1n) is 6.91. The van der Waals surface area contributed by atoms with Gasteiger partial charge in [-0.1, -0.05) is 12.1 Å². The van der Waals surface area contributed by atoms with Crippen molar-refractivity contribution in [3.05, 3.63) is 29.8 Å². The number of hydrogen-bond donors (Lipinski definition) is 2. The number of anilines is 1. The molecule has 1 aromatic carbocycles. The van der Waals surface area contributed by atoms with Crippen LogP contribution in [0.5, 0.6) is 0 Å². The van der Waals surface area contributed by atoms with Crippen LogP contribution in [0.25, 0.3) is 0 Å². The zero-order valence-electron chi connectivity index (χ0n) is 11.4. The van der Waals surface area contributed by atoms with Crippen molar-refractivity contribution in [3.63, 3.8) is 0 Å². The minimum absolute atomic E-state index is 0.0912. The first-order chi connectivity index (χ1) is 9.22. The standard InChI is InChI=1S/C15H22N2O2/c1-12(19)13-4-2-5-14(10-13)17-8-3-7-16-11-15(17)6-9-18/h2,4-5,10,15-16,18H,3,6-9,11H2,1H3. The maximum Gasteiger partial charge on any atom is 0.159 e. The molecule has 4 heteroatoms. The molecule has 1 atom stereocenters. The third kappa shape index (κ3) is 3.55. The zero-order valence-corrected chi connectivity index (χ0v) is 11.4. The lowest BCUT2D eigenvalue weighted by atomic mass is 10.1. The molecule has 1 aromatic rings. The molecule has 104 valence electrons. The van der Waals surface area contributed by atoms with Crippen molar-refractivity contribution in [2.75, 3.05) is 31.1 Å². The van der Waals surface area contributed by atoms with Crippen LogP contribution in [-0.2, 0) is 0 Å². The Kier molecular flexibility index (Phi) is 4.93. The molecule has 1 unspecified atom stereocenters. The smallest absolute Gasteiger partial charge is 0.159 e. The van der Waals surface area contributed by atoms with Crippen molar-refractivity contribution in [2.24, 2.45) is 0 Å². The first kappa shape index (κ1) is 14.0. The number of ketones is 1. The van der Waals surface area contributed by atoms with Crippen molar-refractivity contribution in [2.45, 2.75) is 25.8 Å². The van der Waals surface area contributed by atoms with Gasteiger partial charge in [-0.2, -0.15) is 0 Å². The Morgan fingerprint density at radius 1 is 1.53 bits per heavy atom. The van der Waals surface area contributed by atoms with Crippen molar-refractivity contribution >= 4 is 11.5 Å². The summed E-state index contributed by atoms with van der Waals surface area (Å²) in [5.74, 6) is 0.0912. The van der Waals surface area contributed by atoms with Gasteiger partial charge in [-0.25, -0.2) is 0 Å². The van der Waals surface area contributed by atoms with Crippen molar-refractivity contribution in [3.8, 4) is 0 Å². The number of hydrogen-bond acceptors (Lipinski definition) is 4. The number of nitrogens with zero attached hydrogens (tertiary/aromatic N) is 1. The van der Waals surface area contributed by atoms with Crippen molar-refractivity contribution < 1.29 is 9.90 Å². The normalized spacial score (nSPS) is 20.1. The second-order valence-corrected chi connectivity index (χ2v) is 5.02. The fraction of sp³-hybridized carbons (Fsp3) is 0.533. The van der Waals surface area contributed by atoms with Gasteiger partial charge in [0.2, 0.25) is 0 Å². The Morgan fingerprint density at radius 2 is 2.37 bits per heavy atom. The third-order valence-electron chi connectivity index (χ3n) is 3.62. The van der Waals surface area contributed by atoms with Gasteiger partial charge in [0.1, 0.15) is 0 Å². The molecule has 0 bridgehead atoms. The molecular formula is C15H22N2O2. The van der Waals surface area contributed by atoms with E-state index in [1.807, 2.05) is 24.3 Å². The highest BCUT2D eigenvalue weighted by Crippen LogP contribution is 2.21. The summed E-state index contributed by atoms with van der Waals surface area (Å²) < 4.78 is 0. The lowest BCUT2D eigenvalue weighted by Gasteiger charge is -2.31. The highest BCUT2D eigenvalue weighted by molar-refractivity contribution is 5.95. The van der Waals surface area contributed by atoms with Crippen LogP contribution in [0.3, 0.4) is 0 Å². The maximum atomic E-state index is 11.5. The third-order valence-corrected chi connectivity index (χ3v) is 3.62. The van der Waals surface area contributed by atoms with Crippen LogP contribution >= 0.6 is 0 Å². The Labute approximate surface area is 114 Å². The van der Waals surface area contributed by atoms with E-state index < -0.39 is 0 Å². The second-order valence-electron chi connectivity index (χ2n) is 5.02. The molecular weight excluding hydrogens is 240 g/mol. The fourth-order valence-electron chi connectivity index (χ4n) is 2.59. The molecule has 1 aliphatic rings. The summed E-state index contributed by atoms with van der Waals surface area (Å²) in [6.07, 6.45) is 1.82.